The van der Waals surface area contributed by atoms with E-state index in [9.17, 15) is 9.18 Å². The van der Waals surface area contributed by atoms with Gasteiger partial charge in [-0.3, -0.25) is 9.80 Å². The van der Waals surface area contributed by atoms with Gasteiger partial charge in [-0.25, -0.2) is 14.2 Å². The number of halogens is 2. The number of methoxy groups -OCH3 is 1. The van der Waals surface area contributed by atoms with E-state index in [-0.39, 0.29) is 11.8 Å². The number of benzene rings is 2. The van der Waals surface area contributed by atoms with Gasteiger partial charge < -0.3 is 9.15 Å². The molecule has 1 atom stereocenters. The standard InChI is InChI=1S/C23H23ClFN3O3/c1-30-23(29)21(19-4-2-3-5-20(19)24)28-12-10-27(11-13-28)14-18-15-31-22(26-18)16-6-8-17(25)9-7-16/h2-9,15,21H,10-14H2,1H3. The van der Waals surface area contributed by atoms with Gasteiger partial charge in [0.15, 0.2) is 0 Å². The Morgan fingerprint density at radius 2 is 1.87 bits per heavy atom. The molecule has 1 fully saturated rings. The van der Waals surface area contributed by atoms with Gasteiger partial charge in [-0.1, -0.05) is 29.8 Å². The third-order valence-corrected chi connectivity index (χ3v) is 5.77. The number of esters is 1. The van der Waals surface area contributed by atoms with Crippen LogP contribution in [0.3, 0.4) is 0 Å². The smallest absolute Gasteiger partial charge is 0.327 e. The van der Waals surface area contributed by atoms with Crippen molar-refractivity contribution >= 4 is 17.6 Å². The average molecular weight is 444 g/mol. The molecule has 0 spiro atoms. The number of oxazole rings is 1. The molecule has 31 heavy (non-hydrogen) atoms. The summed E-state index contributed by atoms with van der Waals surface area (Å²) in [6.07, 6.45) is 1.63. The minimum atomic E-state index is -0.530. The summed E-state index contributed by atoms with van der Waals surface area (Å²) in [4.78, 5) is 21.4. The third kappa shape index (κ3) is 4.95. The average Bonchev–Trinajstić information content (AvgIpc) is 3.25. The van der Waals surface area contributed by atoms with Crippen molar-refractivity contribution in [2.45, 2.75) is 12.6 Å². The van der Waals surface area contributed by atoms with Crippen molar-refractivity contribution in [2.24, 2.45) is 0 Å². The van der Waals surface area contributed by atoms with Gasteiger partial charge in [0.05, 0.1) is 12.8 Å². The van der Waals surface area contributed by atoms with Crippen molar-refractivity contribution in [2.75, 3.05) is 33.3 Å². The summed E-state index contributed by atoms with van der Waals surface area (Å²) >= 11 is 6.35. The molecule has 0 saturated carbocycles. The number of ether oxygens (including phenoxy) is 1. The van der Waals surface area contributed by atoms with Crippen LogP contribution in [0.5, 0.6) is 0 Å². The molecular weight excluding hydrogens is 421 g/mol. The monoisotopic (exact) mass is 443 g/mol. The van der Waals surface area contributed by atoms with Crippen LogP contribution in [0, 0.1) is 5.82 Å². The lowest BCUT2D eigenvalue weighted by molar-refractivity contribution is -0.148. The molecule has 1 saturated heterocycles. The summed E-state index contributed by atoms with van der Waals surface area (Å²) in [5.74, 6) is -0.143. The predicted octanol–water partition coefficient (Wildman–Crippen LogP) is 4.17. The van der Waals surface area contributed by atoms with Gasteiger partial charge in [-0.2, -0.15) is 0 Å². The van der Waals surface area contributed by atoms with E-state index in [4.69, 9.17) is 20.8 Å². The van der Waals surface area contributed by atoms with Crippen molar-refractivity contribution in [1.82, 2.24) is 14.8 Å². The zero-order valence-corrected chi connectivity index (χ0v) is 17.9. The molecule has 2 aromatic carbocycles. The maximum atomic E-state index is 13.1. The fraction of sp³-hybridized carbons (Fsp3) is 0.304. The second-order valence-corrected chi connectivity index (χ2v) is 7.82. The van der Waals surface area contributed by atoms with E-state index in [1.165, 1.54) is 19.2 Å². The van der Waals surface area contributed by atoms with Crippen molar-refractivity contribution in [3.05, 3.63) is 76.9 Å². The summed E-state index contributed by atoms with van der Waals surface area (Å²) in [6.45, 7) is 3.53. The maximum Gasteiger partial charge on any atom is 0.327 e. The van der Waals surface area contributed by atoms with E-state index in [2.05, 4.69) is 14.8 Å². The Kier molecular flexibility index (Phi) is 6.65. The molecule has 162 valence electrons. The van der Waals surface area contributed by atoms with E-state index in [0.717, 1.165) is 29.9 Å². The Morgan fingerprint density at radius 3 is 2.55 bits per heavy atom. The first-order chi connectivity index (χ1) is 15.0. The van der Waals surface area contributed by atoms with Crippen LogP contribution in [0.15, 0.2) is 59.2 Å². The number of hydrogen-bond acceptors (Lipinski definition) is 6. The highest BCUT2D eigenvalue weighted by atomic mass is 35.5. The molecule has 0 N–H and O–H groups in total. The molecule has 0 radical (unpaired) electrons. The summed E-state index contributed by atoms with van der Waals surface area (Å²) in [6, 6.07) is 12.9. The Balaban J connectivity index is 1.39. The van der Waals surface area contributed by atoms with E-state index in [0.29, 0.717) is 30.5 Å². The zero-order chi connectivity index (χ0) is 21.8. The lowest BCUT2D eigenvalue weighted by Crippen LogP contribution is -2.49. The molecule has 0 bridgehead atoms. The second-order valence-electron chi connectivity index (χ2n) is 7.41. The highest BCUT2D eigenvalue weighted by molar-refractivity contribution is 6.31. The van der Waals surface area contributed by atoms with Crippen LogP contribution < -0.4 is 0 Å². The van der Waals surface area contributed by atoms with Crippen molar-refractivity contribution in [1.29, 1.82) is 0 Å². The van der Waals surface area contributed by atoms with Crippen LogP contribution in [0.25, 0.3) is 11.5 Å². The number of aromatic nitrogens is 1. The number of rotatable bonds is 6. The second kappa shape index (κ2) is 9.60. The Labute approximate surface area is 185 Å². The fourth-order valence-corrected chi connectivity index (χ4v) is 4.03. The molecule has 0 aliphatic carbocycles. The van der Waals surface area contributed by atoms with Crippen LogP contribution in [0.2, 0.25) is 5.02 Å². The highest BCUT2D eigenvalue weighted by Gasteiger charge is 2.32. The third-order valence-electron chi connectivity index (χ3n) is 5.42. The summed E-state index contributed by atoms with van der Waals surface area (Å²) in [7, 11) is 1.39. The SMILES string of the molecule is COC(=O)C(c1ccccc1Cl)N1CCN(Cc2coc(-c3ccc(F)cc3)n2)CC1. The molecule has 1 aliphatic rings. The summed E-state index contributed by atoms with van der Waals surface area (Å²) < 4.78 is 23.7. The molecule has 8 heteroatoms. The molecule has 1 unspecified atom stereocenters. The van der Waals surface area contributed by atoms with Crippen LogP contribution in [0.1, 0.15) is 17.3 Å². The van der Waals surface area contributed by atoms with Gasteiger partial charge >= 0.3 is 5.97 Å². The van der Waals surface area contributed by atoms with Crippen LogP contribution in [-0.4, -0.2) is 54.0 Å². The predicted molar refractivity (Wildman–Crippen MR) is 115 cm³/mol. The van der Waals surface area contributed by atoms with Crippen molar-refractivity contribution in [3.63, 3.8) is 0 Å². The number of piperazine rings is 1. The van der Waals surface area contributed by atoms with Gasteiger partial charge in [0.2, 0.25) is 5.89 Å². The Bertz CT molecular complexity index is 1030. The van der Waals surface area contributed by atoms with Crippen LogP contribution >= 0.6 is 11.6 Å². The topological polar surface area (TPSA) is 58.8 Å². The first-order valence-corrected chi connectivity index (χ1v) is 10.4. The van der Waals surface area contributed by atoms with E-state index >= 15 is 0 Å². The van der Waals surface area contributed by atoms with Crippen LogP contribution in [0.4, 0.5) is 4.39 Å². The first kappa shape index (κ1) is 21.5. The van der Waals surface area contributed by atoms with Crippen molar-refractivity contribution in [3.8, 4) is 11.5 Å². The van der Waals surface area contributed by atoms with E-state index in [1.807, 2.05) is 18.2 Å². The molecular formula is C23H23ClFN3O3. The van der Waals surface area contributed by atoms with Gasteiger partial charge in [0.25, 0.3) is 0 Å². The lowest BCUT2D eigenvalue weighted by atomic mass is 10.0. The molecule has 6 nitrogen and oxygen atoms in total. The Morgan fingerprint density at radius 1 is 1.16 bits per heavy atom. The Hall–Kier alpha value is -2.74. The largest absolute Gasteiger partial charge is 0.468 e. The highest BCUT2D eigenvalue weighted by Crippen LogP contribution is 2.29. The molecule has 3 aromatic rings. The fourth-order valence-electron chi connectivity index (χ4n) is 3.79. The molecule has 2 heterocycles. The number of carbonyl (C=O) groups excluding carboxylic acids is 1. The van der Waals surface area contributed by atoms with Gasteiger partial charge in [-0.15, -0.1) is 0 Å². The molecule has 4 rings (SSSR count). The molecule has 0 amide bonds. The minimum Gasteiger partial charge on any atom is -0.468 e. The summed E-state index contributed by atoms with van der Waals surface area (Å²) in [5.41, 5.74) is 2.30. The number of nitrogens with zero attached hydrogens (tertiary/aromatic N) is 3. The first-order valence-electron chi connectivity index (χ1n) is 10.0. The molecule has 1 aliphatic heterocycles. The minimum absolute atomic E-state index is 0.296. The van der Waals surface area contributed by atoms with Gasteiger partial charge in [-0.05, 0) is 35.9 Å². The van der Waals surface area contributed by atoms with Crippen LogP contribution in [-0.2, 0) is 16.1 Å². The lowest BCUT2D eigenvalue weighted by Gasteiger charge is -2.38. The summed E-state index contributed by atoms with van der Waals surface area (Å²) in [5, 5.41) is 0.552. The van der Waals surface area contributed by atoms with Gasteiger partial charge in [0, 0.05) is 43.3 Å². The maximum absolute atomic E-state index is 13.1. The number of hydrogen-bond donors (Lipinski definition) is 0. The van der Waals surface area contributed by atoms with E-state index < -0.39 is 6.04 Å². The van der Waals surface area contributed by atoms with E-state index in [1.54, 1.807) is 24.5 Å². The van der Waals surface area contributed by atoms with Gasteiger partial charge in [0.1, 0.15) is 18.1 Å². The quantitative estimate of drug-likeness (QED) is 0.533. The normalized spacial score (nSPS) is 16.2. The number of carbonyl (C=O) groups is 1. The van der Waals surface area contributed by atoms with Crippen molar-refractivity contribution < 1.29 is 18.3 Å². The molecule has 1 aromatic heterocycles. The zero-order valence-electron chi connectivity index (χ0n) is 17.1.